The second-order valence-corrected chi connectivity index (χ2v) is 13.2. The lowest BCUT2D eigenvalue weighted by atomic mass is 10.1. The van der Waals surface area contributed by atoms with Crippen LogP contribution in [-0.4, -0.2) is 51.1 Å². The van der Waals surface area contributed by atoms with Crippen molar-refractivity contribution in [1.82, 2.24) is 21.3 Å². The Kier molecular flexibility index (Phi) is 39.1. The van der Waals surface area contributed by atoms with Crippen LogP contribution in [0.4, 0.5) is 0 Å². The van der Waals surface area contributed by atoms with E-state index in [0.29, 0.717) is 25.9 Å². The number of carbonyl (C=O) groups is 2. The van der Waals surface area contributed by atoms with Crippen molar-refractivity contribution in [1.29, 1.82) is 0 Å². The van der Waals surface area contributed by atoms with Gasteiger partial charge < -0.3 is 21.3 Å². The summed E-state index contributed by atoms with van der Waals surface area (Å²) in [6.45, 7) is 9.09. The molecule has 2 amide bonds. The minimum atomic E-state index is 0.162. The third kappa shape index (κ3) is 40.0. The third-order valence-corrected chi connectivity index (χ3v) is 8.49. The Balaban J connectivity index is 3.34. The molecule has 6 nitrogen and oxygen atoms in total. The van der Waals surface area contributed by atoms with E-state index in [9.17, 15) is 9.59 Å². The molecule has 0 bridgehead atoms. The molecule has 0 aromatic heterocycles. The number of allylic oxidation sites excluding steroid dienone is 8. The molecular weight excluding hydrogens is 592 g/mol. The first kappa shape index (κ1) is 45.8. The van der Waals surface area contributed by atoms with E-state index in [1.165, 1.54) is 103 Å². The number of hydrogen-bond donors (Lipinski definition) is 4. The summed E-state index contributed by atoms with van der Waals surface area (Å²) in [5, 5.41) is 12.7. The first-order valence-electron chi connectivity index (χ1n) is 20.3. The van der Waals surface area contributed by atoms with Crippen LogP contribution >= 0.6 is 0 Å². The molecule has 0 saturated heterocycles. The van der Waals surface area contributed by atoms with Gasteiger partial charge in [-0.3, -0.25) is 9.59 Å². The van der Waals surface area contributed by atoms with Crippen LogP contribution in [-0.2, 0) is 9.59 Å². The number of unbranched alkanes of at least 4 members (excludes halogenated alkanes) is 18. The van der Waals surface area contributed by atoms with Gasteiger partial charge >= 0.3 is 0 Å². The Morgan fingerprint density at radius 1 is 0.375 bits per heavy atom. The van der Waals surface area contributed by atoms with Crippen molar-refractivity contribution in [3.05, 3.63) is 48.6 Å². The monoisotopic (exact) mass is 671 g/mol. The minimum Gasteiger partial charge on any atom is -0.355 e. The van der Waals surface area contributed by atoms with Gasteiger partial charge in [-0.05, 0) is 64.2 Å². The van der Waals surface area contributed by atoms with Gasteiger partial charge in [0.05, 0.1) is 0 Å². The molecule has 0 rings (SSSR count). The summed E-state index contributed by atoms with van der Waals surface area (Å²) >= 11 is 0. The lowest BCUT2D eigenvalue weighted by Gasteiger charge is -2.09. The number of amides is 2. The van der Waals surface area contributed by atoms with Gasteiger partial charge in [0.2, 0.25) is 11.8 Å². The van der Waals surface area contributed by atoms with Crippen LogP contribution < -0.4 is 21.3 Å². The Morgan fingerprint density at radius 3 is 1.02 bits per heavy atom. The van der Waals surface area contributed by atoms with Gasteiger partial charge in [-0.2, -0.15) is 0 Å². The molecule has 278 valence electrons. The molecule has 0 aromatic rings. The zero-order valence-electron chi connectivity index (χ0n) is 31.6. The van der Waals surface area contributed by atoms with Crippen LogP contribution in [0, 0.1) is 0 Å². The van der Waals surface area contributed by atoms with E-state index in [1.54, 1.807) is 0 Å². The van der Waals surface area contributed by atoms with Crippen molar-refractivity contribution in [3.8, 4) is 0 Å². The molecule has 6 heteroatoms. The Bertz CT molecular complexity index is 739. The van der Waals surface area contributed by atoms with E-state index in [1.807, 2.05) is 0 Å². The summed E-state index contributed by atoms with van der Waals surface area (Å²) in [6, 6.07) is 0. The van der Waals surface area contributed by atoms with Crippen molar-refractivity contribution in [2.45, 2.75) is 168 Å². The molecule has 0 spiro atoms. The van der Waals surface area contributed by atoms with E-state index in [0.717, 1.165) is 64.7 Å². The average Bonchev–Trinajstić information content (AvgIpc) is 3.09. The highest BCUT2D eigenvalue weighted by atomic mass is 16.2. The van der Waals surface area contributed by atoms with Crippen molar-refractivity contribution in [2.24, 2.45) is 0 Å². The fraction of sp³-hybridized carbons (Fsp3) is 0.762. The normalized spacial score (nSPS) is 12.0. The van der Waals surface area contributed by atoms with Gasteiger partial charge in [0.25, 0.3) is 0 Å². The number of carbonyl (C=O) groups excluding carboxylic acids is 2. The second kappa shape index (κ2) is 41.0. The second-order valence-electron chi connectivity index (χ2n) is 13.2. The maximum Gasteiger partial charge on any atom is 0.220 e. The number of rotatable bonds is 37. The van der Waals surface area contributed by atoms with E-state index < -0.39 is 0 Å². The Labute approximate surface area is 297 Å². The fourth-order valence-corrected chi connectivity index (χ4v) is 5.42. The summed E-state index contributed by atoms with van der Waals surface area (Å²) in [5.41, 5.74) is 0. The lowest BCUT2D eigenvalue weighted by molar-refractivity contribution is -0.122. The lowest BCUT2D eigenvalue weighted by Crippen LogP contribution is -2.37. The van der Waals surface area contributed by atoms with Crippen LogP contribution in [0.2, 0.25) is 0 Å². The Hall–Kier alpha value is -2.18. The van der Waals surface area contributed by atoms with Crippen LogP contribution in [0.5, 0.6) is 0 Å². The molecule has 0 heterocycles. The first-order chi connectivity index (χ1) is 23.7. The zero-order chi connectivity index (χ0) is 34.9. The fourth-order valence-electron chi connectivity index (χ4n) is 5.42. The smallest absolute Gasteiger partial charge is 0.220 e. The van der Waals surface area contributed by atoms with Gasteiger partial charge in [0.1, 0.15) is 0 Å². The van der Waals surface area contributed by atoms with E-state index in [4.69, 9.17) is 0 Å². The maximum absolute atomic E-state index is 12.0. The summed E-state index contributed by atoms with van der Waals surface area (Å²) in [7, 11) is 0. The number of hydrogen-bond acceptors (Lipinski definition) is 4. The molecular formula is C42H78N4O2. The highest BCUT2D eigenvalue weighted by Crippen LogP contribution is 2.09. The van der Waals surface area contributed by atoms with E-state index in [2.05, 4.69) is 83.7 Å². The Morgan fingerprint density at radius 2 is 0.667 bits per heavy atom. The van der Waals surface area contributed by atoms with Crippen molar-refractivity contribution in [3.63, 3.8) is 0 Å². The standard InChI is InChI=1S/C42H78N4O2/c1-3-5-7-9-11-13-15-17-19-21-23-25-27-29-31-33-41(47)45-39-37-43-35-36-44-38-40-46-42(48)34-32-30-28-26-24-22-20-18-16-14-12-10-8-6-4-2/h13-20,43-44H,3-12,21-40H2,1-2H3,(H,45,47)(H,46,48)/b15-13+,16-14+,19-17+,20-18+. The number of nitrogens with one attached hydrogen (secondary N) is 4. The molecule has 48 heavy (non-hydrogen) atoms. The molecule has 0 radical (unpaired) electrons. The van der Waals surface area contributed by atoms with Gasteiger partial charge in [-0.25, -0.2) is 0 Å². The maximum atomic E-state index is 12.0. The molecule has 0 atom stereocenters. The summed E-state index contributed by atoms with van der Waals surface area (Å²) < 4.78 is 0. The minimum absolute atomic E-state index is 0.162. The van der Waals surface area contributed by atoms with E-state index >= 15 is 0 Å². The highest BCUT2D eigenvalue weighted by Gasteiger charge is 2.01. The van der Waals surface area contributed by atoms with Gasteiger partial charge in [0, 0.05) is 52.1 Å². The average molecular weight is 671 g/mol. The topological polar surface area (TPSA) is 82.3 Å². The summed E-state index contributed by atoms with van der Waals surface area (Å²) in [4.78, 5) is 24.1. The zero-order valence-corrected chi connectivity index (χ0v) is 31.6. The molecule has 0 unspecified atom stereocenters. The molecule has 0 aliphatic rings. The van der Waals surface area contributed by atoms with Crippen LogP contribution in [0.3, 0.4) is 0 Å². The van der Waals surface area contributed by atoms with Crippen molar-refractivity contribution < 1.29 is 9.59 Å². The van der Waals surface area contributed by atoms with Gasteiger partial charge in [-0.1, -0.05) is 140 Å². The van der Waals surface area contributed by atoms with Gasteiger partial charge in [0.15, 0.2) is 0 Å². The molecule has 0 aliphatic heterocycles. The molecule has 0 fully saturated rings. The predicted molar refractivity (Wildman–Crippen MR) is 210 cm³/mol. The first-order valence-corrected chi connectivity index (χ1v) is 20.3. The van der Waals surface area contributed by atoms with Crippen LogP contribution in [0.25, 0.3) is 0 Å². The summed E-state index contributed by atoms with van der Waals surface area (Å²) in [5.74, 6) is 0.324. The van der Waals surface area contributed by atoms with Crippen LogP contribution in [0.15, 0.2) is 48.6 Å². The van der Waals surface area contributed by atoms with Crippen LogP contribution in [0.1, 0.15) is 168 Å². The van der Waals surface area contributed by atoms with E-state index in [-0.39, 0.29) is 11.8 Å². The molecule has 0 aliphatic carbocycles. The SMILES string of the molecule is CCCCCC/C=C/C=C/CCCCCCCC(=O)NCCNCCNCCNC(=O)CCCCCCC/C=C/C=C/CCCCCC. The molecule has 4 N–H and O–H groups in total. The van der Waals surface area contributed by atoms with Crippen molar-refractivity contribution in [2.75, 3.05) is 39.3 Å². The largest absolute Gasteiger partial charge is 0.355 e. The molecule has 0 aromatic carbocycles. The van der Waals surface area contributed by atoms with Crippen molar-refractivity contribution >= 4 is 11.8 Å². The third-order valence-electron chi connectivity index (χ3n) is 8.49. The van der Waals surface area contributed by atoms with Gasteiger partial charge in [-0.15, -0.1) is 0 Å². The highest BCUT2D eigenvalue weighted by molar-refractivity contribution is 5.76. The quantitative estimate of drug-likeness (QED) is 0.0392. The predicted octanol–water partition coefficient (Wildman–Crippen LogP) is 10.0. The summed E-state index contributed by atoms with van der Waals surface area (Å²) in [6.07, 6.45) is 46.1. The molecule has 0 saturated carbocycles.